The van der Waals surface area contributed by atoms with Gasteiger partial charge in [0.25, 0.3) is 0 Å². The summed E-state index contributed by atoms with van der Waals surface area (Å²) < 4.78 is 0. The van der Waals surface area contributed by atoms with Gasteiger partial charge in [0, 0.05) is 0 Å². The molecule has 0 aromatic carbocycles. The van der Waals surface area contributed by atoms with Gasteiger partial charge in [0.05, 0.1) is 0 Å². The van der Waals surface area contributed by atoms with Gasteiger partial charge in [0.15, 0.2) is 0 Å². The Morgan fingerprint density at radius 2 is 1.58 bits per heavy atom. The molecule has 4 N–H and O–H groups in total. The van der Waals surface area contributed by atoms with Crippen LogP contribution >= 0.6 is 0 Å². The fraction of sp³-hybridized carbons (Fsp3) is 1.00. The van der Waals surface area contributed by atoms with Crippen LogP contribution < -0.4 is 11.5 Å². The average molecular weight is 172 g/mol. The molecule has 1 aliphatic rings. The van der Waals surface area contributed by atoms with Gasteiger partial charge in [-0.05, 0) is 25.4 Å². The van der Waals surface area contributed by atoms with E-state index in [1.54, 1.807) is 0 Å². The topological polar surface area (TPSA) is 52.0 Å². The predicted octanol–water partition coefficient (Wildman–Crippen LogP) is 1.88. The van der Waals surface area contributed by atoms with Gasteiger partial charge in [-0.1, -0.05) is 39.0 Å². The lowest BCUT2D eigenvalue weighted by atomic mass is 9.87. The van der Waals surface area contributed by atoms with Crippen LogP contribution in [0.5, 0.6) is 0 Å². The van der Waals surface area contributed by atoms with Crippen molar-refractivity contribution >= 4 is 0 Å². The first kappa shape index (κ1) is 11.9. The maximum Gasteiger partial charge on any atom is -0.00746 e. The van der Waals surface area contributed by atoms with Crippen LogP contribution in [0.1, 0.15) is 45.4 Å². The molecule has 0 aromatic rings. The molecule has 1 aliphatic carbocycles. The highest BCUT2D eigenvalue weighted by Crippen LogP contribution is 2.25. The second-order valence-corrected chi connectivity index (χ2v) is 3.49. The summed E-state index contributed by atoms with van der Waals surface area (Å²) in [6.07, 6.45) is 8.50. The summed E-state index contributed by atoms with van der Waals surface area (Å²) in [5.74, 6) is 0.976. The smallest absolute Gasteiger partial charge is 0.00746 e. The van der Waals surface area contributed by atoms with Crippen molar-refractivity contribution in [3.63, 3.8) is 0 Å². The number of hydrogen-bond donors (Lipinski definition) is 2. The van der Waals surface area contributed by atoms with Gasteiger partial charge in [-0.25, -0.2) is 0 Å². The van der Waals surface area contributed by atoms with E-state index >= 15 is 0 Å². The van der Waals surface area contributed by atoms with Crippen LogP contribution in [0, 0.1) is 5.92 Å². The monoisotopic (exact) mass is 172 g/mol. The molecular formula is C10H24N2. The standard InChI is InChI=1S/C8H17N.C2H7N/c9-7-6-8-4-2-1-3-5-8;1-2-3/h8H,1-7,9H2;2-3H2,1H3. The van der Waals surface area contributed by atoms with E-state index in [0.29, 0.717) is 0 Å². The molecule has 1 rings (SSSR count). The minimum absolute atomic E-state index is 0.750. The Morgan fingerprint density at radius 1 is 1.08 bits per heavy atom. The van der Waals surface area contributed by atoms with Crippen LogP contribution in [-0.4, -0.2) is 13.1 Å². The maximum absolute atomic E-state index is 5.46. The van der Waals surface area contributed by atoms with Crippen molar-refractivity contribution in [2.24, 2.45) is 17.4 Å². The van der Waals surface area contributed by atoms with E-state index < -0.39 is 0 Å². The predicted molar refractivity (Wildman–Crippen MR) is 55.0 cm³/mol. The molecule has 0 atom stereocenters. The summed E-state index contributed by atoms with van der Waals surface area (Å²) in [6.45, 7) is 3.55. The number of rotatable bonds is 2. The van der Waals surface area contributed by atoms with Gasteiger partial charge in [-0.3, -0.25) is 0 Å². The second kappa shape index (κ2) is 9.01. The Morgan fingerprint density at radius 3 is 2.00 bits per heavy atom. The van der Waals surface area contributed by atoms with Gasteiger partial charge < -0.3 is 11.5 Å². The summed E-state index contributed by atoms with van der Waals surface area (Å²) in [7, 11) is 0. The van der Waals surface area contributed by atoms with Crippen LogP contribution in [-0.2, 0) is 0 Å². The molecule has 0 bridgehead atoms. The molecule has 12 heavy (non-hydrogen) atoms. The largest absolute Gasteiger partial charge is 0.331 e. The zero-order valence-electron chi connectivity index (χ0n) is 8.39. The Labute approximate surface area is 76.7 Å². The Hall–Kier alpha value is -0.0800. The summed E-state index contributed by atoms with van der Waals surface area (Å²) in [4.78, 5) is 0. The molecule has 2 nitrogen and oxygen atoms in total. The van der Waals surface area contributed by atoms with Gasteiger partial charge in [0.2, 0.25) is 0 Å². The van der Waals surface area contributed by atoms with Crippen LogP contribution in [0.15, 0.2) is 0 Å². The minimum atomic E-state index is 0.750. The van der Waals surface area contributed by atoms with Gasteiger partial charge >= 0.3 is 0 Å². The molecule has 2 heteroatoms. The van der Waals surface area contributed by atoms with Crippen LogP contribution in [0.25, 0.3) is 0 Å². The fourth-order valence-electron chi connectivity index (χ4n) is 1.71. The van der Waals surface area contributed by atoms with Crippen LogP contribution in [0.4, 0.5) is 0 Å². The molecule has 0 spiro atoms. The van der Waals surface area contributed by atoms with Crippen LogP contribution in [0.3, 0.4) is 0 Å². The third-order valence-electron chi connectivity index (χ3n) is 2.30. The van der Waals surface area contributed by atoms with E-state index in [1.165, 1.54) is 38.5 Å². The summed E-state index contributed by atoms with van der Waals surface area (Å²) in [6, 6.07) is 0. The Bertz CT molecular complexity index is 75.2. The van der Waals surface area contributed by atoms with E-state index in [4.69, 9.17) is 11.5 Å². The van der Waals surface area contributed by atoms with Crippen molar-refractivity contribution in [2.75, 3.05) is 13.1 Å². The van der Waals surface area contributed by atoms with Crippen molar-refractivity contribution in [3.05, 3.63) is 0 Å². The van der Waals surface area contributed by atoms with E-state index in [1.807, 2.05) is 6.92 Å². The van der Waals surface area contributed by atoms with Gasteiger partial charge in [0.1, 0.15) is 0 Å². The summed E-state index contributed by atoms with van der Waals surface area (Å²) in [5, 5.41) is 0. The molecule has 0 unspecified atom stereocenters. The normalized spacial score (nSPS) is 18.2. The SMILES string of the molecule is CCN.NCCC1CCCCC1. The quantitative estimate of drug-likeness (QED) is 0.668. The Balaban J connectivity index is 0.000000354. The van der Waals surface area contributed by atoms with E-state index in [9.17, 15) is 0 Å². The molecule has 0 aliphatic heterocycles. The van der Waals surface area contributed by atoms with E-state index in [0.717, 1.165) is 19.0 Å². The zero-order valence-corrected chi connectivity index (χ0v) is 8.39. The lowest BCUT2D eigenvalue weighted by Crippen LogP contribution is -2.11. The zero-order chi connectivity index (χ0) is 9.23. The van der Waals surface area contributed by atoms with Crippen molar-refractivity contribution in [2.45, 2.75) is 45.4 Å². The van der Waals surface area contributed by atoms with E-state index in [2.05, 4.69) is 0 Å². The highest BCUT2D eigenvalue weighted by atomic mass is 14.5. The van der Waals surface area contributed by atoms with Gasteiger partial charge in [-0.15, -0.1) is 0 Å². The average Bonchev–Trinajstić information content (AvgIpc) is 2.08. The molecule has 0 aromatic heterocycles. The highest BCUT2D eigenvalue weighted by Gasteiger charge is 2.11. The van der Waals surface area contributed by atoms with Crippen LogP contribution in [0.2, 0.25) is 0 Å². The first-order valence-corrected chi connectivity index (χ1v) is 5.25. The summed E-state index contributed by atoms with van der Waals surface area (Å²) in [5.41, 5.74) is 10.3. The van der Waals surface area contributed by atoms with Crippen molar-refractivity contribution in [3.8, 4) is 0 Å². The Kier molecular flexibility index (Phi) is 8.95. The molecule has 0 saturated heterocycles. The van der Waals surface area contributed by atoms with Crippen molar-refractivity contribution in [1.82, 2.24) is 0 Å². The lowest BCUT2D eigenvalue weighted by molar-refractivity contribution is 0.343. The molecule has 1 saturated carbocycles. The molecule has 0 amide bonds. The number of hydrogen-bond acceptors (Lipinski definition) is 2. The molecule has 0 radical (unpaired) electrons. The van der Waals surface area contributed by atoms with Crippen molar-refractivity contribution in [1.29, 1.82) is 0 Å². The molecule has 1 fully saturated rings. The first-order valence-electron chi connectivity index (χ1n) is 5.25. The first-order chi connectivity index (χ1) is 5.85. The third-order valence-corrected chi connectivity index (χ3v) is 2.30. The molecular weight excluding hydrogens is 148 g/mol. The lowest BCUT2D eigenvalue weighted by Gasteiger charge is -2.20. The van der Waals surface area contributed by atoms with E-state index in [-0.39, 0.29) is 0 Å². The van der Waals surface area contributed by atoms with Crippen molar-refractivity contribution < 1.29 is 0 Å². The third kappa shape index (κ3) is 6.62. The molecule has 0 heterocycles. The maximum atomic E-state index is 5.46. The van der Waals surface area contributed by atoms with Gasteiger partial charge in [-0.2, -0.15) is 0 Å². The minimum Gasteiger partial charge on any atom is -0.331 e. The summed E-state index contributed by atoms with van der Waals surface area (Å²) >= 11 is 0. The second-order valence-electron chi connectivity index (χ2n) is 3.49. The molecule has 74 valence electrons. The fourth-order valence-corrected chi connectivity index (χ4v) is 1.71. The number of nitrogens with two attached hydrogens (primary N) is 2. The highest BCUT2D eigenvalue weighted by molar-refractivity contribution is 4.65.